The number of nitrogens with one attached hydrogen (secondary N) is 2. The quantitative estimate of drug-likeness (QED) is 0.326. The van der Waals surface area contributed by atoms with E-state index in [1.165, 1.54) is 58.4 Å². The Balaban J connectivity index is 1.77. The highest BCUT2D eigenvalue weighted by Gasteiger charge is 2.33. The molecule has 1 heterocycles. The zero-order valence-corrected chi connectivity index (χ0v) is 18.1. The standard InChI is InChI=1S/C21H43N5O/c1-4-22-20(23-12-13-26-16-14-25(5-2)15-17-26)24-19-21(9-7-8-10-21)11-18-27-6-3/h4-19H2,1-3H3,(H2,22,23,24). The Morgan fingerprint density at radius 2 is 1.70 bits per heavy atom. The van der Waals surface area contributed by atoms with Crippen LogP contribution >= 0.6 is 0 Å². The van der Waals surface area contributed by atoms with E-state index in [0.29, 0.717) is 5.41 Å². The molecule has 2 rings (SSSR count). The predicted molar refractivity (Wildman–Crippen MR) is 115 cm³/mol. The van der Waals surface area contributed by atoms with Crippen molar-refractivity contribution in [3.63, 3.8) is 0 Å². The maximum absolute atomic E-state index is 5.63. The van der Waals surface area contributed by atoms with Crippen molar-refractivity contribution >= 4 is 5.96 Å². The number of aliphatic imine (C=N–C) groups is 1. The fourth-order valence-corrected chi connectivity index (χ4v) is 4.30. The van der Waals surface area contributed by atoms with E-state index in [0.717, 1.165) is 51.8 Å². The van der Waals surface area contributed by atoms with Crippen LogP contribution in [-0.2, 0) is 4.74 Å². The molecule has 1 aliphatic carbocycles. The molecule has 0 aromatic carbocycles. The van der Waals surface area contributed by atoms with E-state index in [4.69, 9.17) is 9.73 Å². The number of nitrogens with zero attached hydrogens (tertiary/aromatic N) is 3. The summed E-state index contributed by atoms with van der Waals surface area (Å²) in [5, 5.41) is 6.98. The van der Waals surface area contributed by atoms with Gasteiger partial charge >= 0.3 is 0 Å². The molecular formula is C21H43N5O. The number of piperazine rings is 1. The molecule has 158 valence electrons. The summed E-state index contributed by atoms with van der Waals surface area (Å²) in [4.78, 5) is 10.1. The largest absolute Gasteiger partial charge is 0.382 e. The minimum absolute atomic E-state index is 0.355. The van der Waals surface area contributed by atoms with Gasteiger partial charge in [-0.25, -0.2) is 0 Å². The van der Waals surface area contributed by atoms with Gasteiger partial charge in [-0.15, -0.1) is 0 Å². The molecule has 2 N–H and O–H groups in total. The molecule has 1 saturated heterocycles. The topological polar surface area (TPSA) is 52.1 Å². The summed E-state index contributed by atoms with van der Waals surface area (Å²) in [6.07, 6.45) is 6.42. The fourth-order valence-electron chi connectivity index (χ4n) is 4.30. The summed E-state index contributed by atoms with van der Waals surface area (Å²) < 4.78 is 5.63. The summed E-state index contributed by atoms with van der Waals surface area (Å²) in [5.74, 6) is 0.979. The van der Waals surface area contributed by atoms with Crippen LogP contribution in [0.3, 0.4) is 0 Å². The second kappa shape index (κ2) is 12.6. The molecule has 2 fully saturated rings. The lowest BCUT2D eigenvalue weighted by molar-refractivity contribution is 0.107. The highest BCUT2D eigenvalue weighted by molar-refractivity contribution is 5.79. The van der Waals surface area contributed by atoms with E-state index in [-0.39, 0.29) is 0 Å². The Hall–Kier alpha value is -0.850. The van der Waals surface area contributed by atoms with Gasteiger partial charge in [-0.1, -0.05) is 19.8 Å². The van der Waals surface area contributed by atoms with Gasteiger partial charge in [0.2, 0.25) is 0 Å². The summed E-state index contributed by atoms with van der Waals surface area (Å²) >= 11 is 0. The molecule has 6 heteroatoms. The molecule has 0 spiro atoms. The Kier molecular flexibility index (Phi) is 10.5. The molecular weight excluding hydrogens is 338 g/mol. The van der Waals surface area contributed by atoms with E-state index < -0.39 is 0 Å². The van der Waals surface area contributed by atoms with Gasteiger partial charge in [0.15, 0.2) is 5.96 Å². The number of likely N-dealkylation sites (N-methyl/N-ethyl adjacent to an activating group) is 1. The van der Waals surface area contributed by atoms with Crippen molar-refractivity contribution < 1.29 is 4.74 Å². The Bertz CT molecular complexity index is 415. The lowest BCUT2D eigenvalue weighted by atomic mass is 9.83. The van der Waals surface area contributed by atoms with Crippen molar-refractivity contribution in [2.45, 2.75) is 52.9 Å². The Morgan fingerprint density at radius 1 is 1.00 bits per heavy atom. The molecule has 0 unspecified atom stereocenters. The zero-order valence-electron chi connectivity index (χ0n) is 18.1. The maximum atomic E-state index is 5.63. The van der Waals surface area contributed by atoms with Crippen molar-refractivity contribution in [2.24, 2.45) is 10.4 Å². The molecule has 0 radical (unpaired) electrons. The third kappa shape index (κ3) is 7.96. The van der Waals surface area contributed by atoms with Crippen LogP contribution < -0.4 is 10.6 Å². The van der Waals surface area contributed by atoms with Crippen molar-refractivity contribution in [2.75, 3.05) is 72.1 Å². The van der Waals surface area contributed by atoms with Gasteiger partial charge in [-0.2, -0.15) is 0 Å². The second-order valence-corrected chi connectivity index (χ2v) is 8.05. The minimum Gasteiger partial charge on any atom is -0.382 e. The van der Waals surface area contributed by atoms with Crippen molar-refractivity contribution in [3.05, 3.63) is 0 Å². The third-order valence-corrected chi connectivity index (χ3v) is 6.19. The summed E-state index contributed by atoms with van der Waals surface area (Å²) in [7, 11) is 0. The normalized spacial score (nSPS) is 21.5. The Morgan fingerprint density at radius 3 is 2.33 bits per heavy atom. The van der Waals surface area contributed by atoms with Crippen LogP contribution in [0.15, 0.2) is 4.99 Å². The molecule has 0 atom stereocenters. The van der Waals surface area contributed by atoms with Crippen LogP contribution in [-0.4, -0.2) is 87.9 Å². The average Bonchev–Trinajstić information content (AvgIpc) is 3.16. The van der Waals surface area contributed by atoms with E-state index in [1.54, 1.807) is 0 Å². The SMILES string of the molecule is CCNC(=NCC1(CCOCC)CCCC1)NCCN1CCN(CC)CC1. The lowest BCUT2D eigenvalue weighted by Gasteiger charge is -2.34. The van der Waals surface area contributed by atoms with Crippen LogP contribution in [0, 0.1) is 5.41 Å². The Labute approximate surface area is 167 Å². The molecule has 1 aliphatic heterocycles. The highest BCUT2D eigenvalue weighted by atomic mass is 16.5. The summed E-state index contributed by atoms with van der Waals surface area (Å²) in [5.41, 5.74) is 0.355. The van der Waals surface area contributed by atoms with E-state index in [2.05, 4.69) is 41.2 Å². The smallest absolute Gasteiger partial charge is 0.191 e. The molecule has 27 heavy (non-hydrogen) atoms. The van der Waals surface area contributed by atoms with E-state index in [9.17, 15) is 0 Å². The first-order valence-corrected chi connectivity index (χ1v) is 11.3. The van der Waals surface area contributed by atoms with E-state index >= 15 is 0 Å². The first-order chi connectivity index (χ1) is 13.2. The number of guanidine groups is 1. The molecule has 0 bridgehead atoms. The summed E-state index contributed by atoms with van der Waals surface area (Å²) in [6.45, 7) is 18.0. The maximum Gasteiger partial charge on any atom is 0.191 e. The van der Waals surface area contributed by atoms with Crippen molar-refractivity contribution in [1.29, 1.82) is 0 Å². The molecule has 6 nitrogen and oxygen atoms in total. The number of ether oxygens (including phenoxy) is 1. The average molecular weight is 382 g/mol. The summed E-state index contributed by atoms with van der Waals surface area (Å²) in [6, 6.07) is 0. The van der Waals surface area contributed by atoms with E-state index in [1.807, 2.05) is 0 Å². The van der Waals surface area contributed by atoms with Crippen LogP contribution in [0.2, 0.25) is 0 Å². The van der Waals surface area contributed by atoms with Gasteiger partial charge in [-0.3, -0.25) is 9.89 Å². The van der Waals surface area contributed by atoms with Crippen molar-refractivity contribution in [1.82, 2.24) is 20.4 Å². The molecule has 0 amide bonds. The molecule has 2 aliphatic rings. The number of rotatable bonds is 11. The van der Waals surface area contributed by atoms with Crippen LogP contribution in [0.4, 0.5) is 0 Å². The monoisotopic (exact) mass is 381 g/mol. The van der Waals surface area contributed by atoms with Gasteiger partial charge in [0, 0.05) is 65.6 Å². The van der Waals surface area contributed by atoms with Crippen LogP contribution in [0.1, 0.15) is 52.9 Å². The molecule has 1 saturated carbocycles. The number of hydrogen-bond acceptors (Lipinski definition) is 4. The van der Waals surface area contributed by atoms with Crippen molar-refractivity contribution in [3.8, 4) is 0 Å². The fraction of sp³-hybridized carbons (Fsp3) is 0.952. The highest BCUT2D eigenvalue weighted by Crippen LogP contribution is 2.41. The van der Waals surface area contributed by atoms with Gasteiger partial charge in [-0.05, 0) is 45.1 Å². The first kappa shape index (κ1) is 22.4. The van der Waals surface area contributed by atoms with Gasteiger partial charge < -0.3 is 20.3 Å². The van der Waals surface area contributed by atoms with Crippen LogP contribution in [0.5, 0.6) is 0 Å². The van der Waals surface area contributed by atoms with Crippen LogP contribution in [0.25, 0.3) is 0 Å². The zero-order chi connectivity index (χ0) is 19.4. The predicted octanol–water partition coefficient (Wildman–Crippen LogP) is 2.17. The third-order valence-electron chi connectivity index (χ3n) is 6.19. The van der Waals surface area contributed by atoms with Gasteiger partial charge in [0.05, 0.1) is 0 Å². The number of hydrogen-bond donors (Lipinski definition) is 2. The second-order valence-electron chi connectivity index (χ2n) is 8.05. The minimum atomic E-state index is 0.355. The lowest BCUT2D eigenvalue weighted by Crippen LogP contribution is -2.49. The molecule has 0 aromatic heterocycles. The van der Waals surface area contributed by atoms with Gasteiger partial charge in [0.25, 0.3) is 0 Å². The molecule has 0 aromatic rings. The van der Waals surface area contributed by atoms with Gasteiger partial charge in [0.1, 0.15) is 0 Å². The first-order valence-electron chi connectivity index (χ1n) is 11.3.